The van der Waals surface area contributed by atoms with Gasteiger partial charge in [-0.25, -0.2) is 4.79 Å². The lowest BCUT2D eigenvalue weighted by atomic mass is 10.1. The molecule has 3 rings (SSSR count). The molecule has 0 saturated carbocycles. The normalized spacial score (nSPS) is 10.9. The van der Waals surface area contributed by atoms with E-state index < -0.39 is 23.7 Å². The van der Waals surface area contributed by atoms with Gasteiger partial charge in [-0.2, -0.15) is 13.2 Å². The number of benzene rings is 3. The summed E-state index contributed by atoms with van der Waals surface area (Å²) >= 11 is 0. The predicted molar refractivity (Wildman–Crippen MR) is 120 cm³/mol. The highest BCUT2D eigenvalue weighted by atomic mass is 19.4. The maximum atomic E-state index is 13.0. The van der Waals surface area contributed by atoms with Gasteiger partial charge < -0.3 is 25.8 Å². The van der Waals surface area contributed by atoms with E-state index in [0.29, 0.717) is 16.9 Å². The fraction of sp³-hybridized carbons (Fsp3) is 0.167. The van der Waals surface area contributed by atoms with Crippen LogP contribution in [-0.2, 0) is 19.3 Å². The second kappa shape index (κ2) is 10.6. The van der Waals surface area contributed by atoms with Crippen molar-refractivity contribution in [3.05, 3.63) is 89.0 Å². The van der Waals surface area contributed by atoms with E-state index >= 15 is 0 Å². The number of urea groups is 1. The number of ether oxygens (including phenoxy) is 2. The molecule has 0 atom stereocenters. The van der Waals surface area contributed by atoms with Crippen molar-refractivity contribution < 1.29 is 32.2 Å². The molecule has 3 aromatic carbocycles. The van der Waals surface area contributed by atoms with E-state index in [0.717, 1.165) is 23.8 Å². The molecule has 0 fully saturated rings. The predicted octanol–water partition coefficient (Wildman–Crippen LogP) is 4.71. The van der Waals surface area contributed by atoms with Gasteiger partial charge in [0, 0.05) is 17.7 Å². The Bertz CT molecular complexity index is 1180. The third kappa shape index (κ3) is 6.41. The summed E-state index contributed by atoms with van der Waals surface area (Å²) in [5.74, 6) is 0.0314. The number of nitrogens with two attached hydrogens (primary N) is 1. The Labute approximate surface area is 193 Å². The standard InChI is InChI=1S/C24H22F3N3O4/c1-33-21-10-9-18(24(25,26)27)12-19(21)30-23(32)29-13-17-6-2-3-8-20(17)34-14-15-5-4-7-16(11-15)22(28)31/h2-12H,13-14H2,1H3,(H2,28,31)(H2,29,30,32). The molecule has 0 aliphatic rings. The number of halogens is 3. The van der Waals surface area contributed by atoms with Crippen LogP contribution >= 0.6 is 0 Å². The quantitative estimate of drug-likeness (QED) is 0.441. The first-order valence-corrected chi connectivity index (χ1v) is 10.1. The van der Waals surface area contributed by atoms with Crippen molar-refractivity contribution in [2.45, 2.75) is 19.3 Å². The van der Waals surface area contributed by atoms with Crippen molar-refractivity contribution in [2.24, 2.45) is 5.73 Å². The topological polar surface area (TPSA) is 103 Å². The smallest absolute Gasteiger partial charge is 0.416 e. The molecule has 0 heterocycles. The van der Waals surface area contributed by atoms with Gasteiger partial charge in [0.05, 0.1) is 18.4 Å². The number of hydrogen-bond donors (Lipinski definition) is 3. The number of carbonyl (C=O) groups is 2. The number of nitrogens with one attached hydrogen (secondary N) is 2. The molecule has 3 aromatic rings. The maximum absolute atomic E-state index is 13.0. The zero-order chi connectivity index (χ0) is 24.7. The van der Waals surface area contributed by atoms with Crippen LogP contribution < -0.4 is 25.8 Å². The van der Waals surface area contributed by atoms with Crippen LogP contribution in [0.4, 0.5) is 23.7 Å². The lowest BCUT2D eigenvalue weighted by Crippen LogP contribution is -2.28. The molecule has 0 aliphatic heterocycles. The van der Waals surface area contributed by atoms with Crippen LogP contribution in [-0.4, -0.2) is 19.0 Å². The van der Waals surface area contributed by atoms with Crippen LogP contribution in [0.15, 0.2) is 66.7 Å². The molecule has 178 valence electrons. The molecule has 0 bridgehead atoms. The van der Waals surface area contributed by atoms with Gasteiger partial charge in [0.2, 0.25) is 5.91 Å². The number of anilines is 1. The summed E-state index contributed by atoms with van der Waals surface area (Å²) in [5, 5.41) is 4.97. The molecule has 0 saturated heterocycles. The third-order valence-corrected chi connectivity index (χ3v) is 4.79. The summed E-state index contributed by atoms with van der Waals surface area (Å²) < 4.78 is 49.9. The van der Waals surface area contributed by atoms with Gasteiger partial charge in [-0.1, -0.05) is 30.3 Å². The molecule has 3 amide bonds. The zero-order valence-electron chi connectivity index (χ0n) is 18.1. The summed E-state index contributed by atoms with van der Waals surface area (Å²) in [7, 11) is 1.29. The molecule has 7 nitrogen and oxygen atoms in total. The monoisotopic (exact) mass is 473 g/mol. The minimum atomic E-state index is -4.56. The largest absolute Gasteiger partial charge is 0.495 e. The maximum Gasteiger partial charge on any atom is 0.416 e. The number of hydrogen-bond acceptors (Lipinski definition) is 4. The Balaban J connectivity index is 1.65. The van der Waals surface area contributed by atoms with Crippen molar-refractivity contribution in [3.8, 4) is 11.5 Å². The first-order valence-electron chi connectivity index (χ1n) is 10.1. The number of para-hydroxylation sites is 1. The molecule has 10 heteroatoms. The fourth-order valence-corrected chi connectivity index (χ4v) is 3.09. The lowest BCUT2D eigenvalue weighted by Gasteiger charge is -2.15. The number of methoxy groups -OCH3 is 1. The Morgan fingerprint density at radius 2 is 1.74 bits per heavy atom. The van der Waals surface area contributed by atoms with E-state index in [1.54, 1.807) is 48.5 Å². The van der Waals surface area contributed by atoms with Crippen molar-refractivity contribution in [1.29, 1.82) is 0 Å². The molecular formula is C24H22F3N3O4. The second-order valence-corrected chi connectivity index (χ2v) is 7.18. The van der Waals surface area contributed by atoms with E-state index in [9.17, 15) is 22.8 Å². The molecular weight excluding hydrogens is 451 g/mol. The fourth-order valence-electron chi connectivity index (χ4n) is 3.09. The van der Waals surface area contributed by atoms with Crippen LogP contribution in [0.3, 0.4) is 0 Å². The van der Waals surface area contributed by atoms with Crippen LogP contribution in [0.25, 0.3) is 0 Å². The van der Waals surface area contributed by atoms with Gasteiger partial charge in [0.15, 0.2) is 0 Å². The van der Waals surface area contributed by atoms with E-state index in [1.165, 1.54) is 7.11 Å². The van der Waals surface area contributed by atoms with Gasteiger partial charge >= 0.3 is 12.2 Å². The number of primary amides is 1. The van der Waals surface area contributed by atoms with Gasteiger partial charge in [0.1, 0.15) is 18.1 Å². The Kier molecular flexibility index (Phi) is 7.62. The molecule has 4 N–H and O–H groups in total. The molecule has 0 aliphatic carbocycles. The average Bonchev–Trinajstić information content (AvgIpc) is 2.81. The van der Waals surface area contributed by atoms with Crippen LogP contribution in [0.5, 0.6) is 11.5 Å². The van der Waals surface area contributed by atoms with Gasteiger partial charge in [-0.15, -0.1) is 0 Å². The molecule has 0 aromatic heterocycles. The third-order valence-electron chi connectivity index (χ3n) is 4.79. The Morgan fingerprint density at radius 1 is 0.971 bits per heavy atom. The van der Waals surface area contributed by atoms with Crippen molar-refractivity contribution in [2.75, 3.05) is 12.4 Å². The Morgan fingerprint density at radius 3 is 2.44 bits per heavy atom. The summed E-state index contributed by atoms with van der Waals surface area (Å²) in [4.78, 5) is 23.7. The van der Waals surface area contributed by atoms with E-state index in [4.69, 9.17) is 15.2 Å². The van der Waals surface area contributed by atoms with Crippen molar-refractivity contribution in [3.63, 3.8) is 0 Å². The van der Waals surface area contributed by atoms with E-state index in [1.807, 2.05) is 0 Å². The number of rotatable bonds is 8. The number of alkyl halides is 3. The van der Waals surface area contributed by atoms with Crippen LogP contribution in [0.1, 0.15) is 27.0 Å². The number of amides is 3. The summed E-state index contributed by atoms with van der Waals surface area (Å²) in [5.41, 5.74) is 5.99. The molecule has 0 radical (unpaired) electrons. The summed E-state index contributed by atoms with van der Waals surface area (Å²) in [6.45, 7) is 0.205. The first kappa shape index (κ1) is 24.4. The average molecular weight is 473 g/mol. The minimum absolute atomic E-state index is 0.0462. The SMILES string of the molecule is COc1ccc(C(F)(F)F)cc1NC(=O)NCc1ccccc1OCc1cccc(C(N)=O)c1. The van der Waals surface area contributed by atoms with Gasteiger partial charge in [0.25, 0.3) is 0 Å². The van der Waals surface area contributed by atoms with E-state index in [-0.39, 0.29) is 24.6 Å². The molecule has 0 unspecified atom stereocenters. The summed E-state index contributed by atoms with van der Waals surface area (Å²) in [6, 6.07) is 15.7. The minimum Gasteiger partial charge on any atom is -0.495 e. The lowest BCUT2D eigenvalue weighted by molar-refractivity contribution is -0.137. The van der Waals surface area contributed by atoms with Crippen molar-refractivity contribution in [1.82, 2.24) is 5.32 Å². The van der Waals surface area contributed by atoms with E-state index in [2.05, 4.69) is 10.6 Å². The van der Waals surface area contributed by atoms with Gasteiger partial charge in [-0.3, -0.25) is 4.79 Å². The molecule has 0 spiro atoms. The second-order valence-electron chi connectivity index (χ2n) is 7.18. The highest BCUT2D eigenvalue weighted by Gasteiger charge is 2.31. The zero-order valence-corrected chi connectivity index (χ0v) is 18.1. The van der Waals surface area contributed by atoms with Crippen LogP contribution in [0.2, 0.25) is 0 Å². The Hall–Kier alpha value is -4.21. The number of carbonyl (C=O) groups excluding carboxylic acids is 2. The highest BCUT2D eigenvalue weighted by molar-refractivity contribution is 5.93. The summed E-state index contributed by atoms with van der Waals surface area (Å²) in [6.07, 6.45) is -4.56. The van der Waals surface area contributed by atoms with Crippen molar-refractivity contribution >= 4 is 17.6 Å². The van der Waals surface area contributed by atoms with Gasteiger partial charge in [-0.05, 0) is 42.0 Å². The first-order chi connectivity index (χ1) is 16.2. The molecule has 34 heavy (non-hydrogen) atoms. The van der Waals surface area contributed by atoms with Crippen LogP contribution in [0, 0.1) is 0 Å². The highest BCUT2D eigenvalue weighted by Crippen LogP contribution is 2.34.